The number of anilines is 1. The molecule has 82 valence electrons. The van der Waals surface area contributed by atoms with Crippen LogP contribution in [0.15, 0.2) is 15.9 Å². The molecule has 0 aromatic carbocycles. The van der Waals surface area contributed by atoms with Gasteiger partial charge in [0.15, 0.2) is 0 Å². The van der Waals surface area contributed by atoms with E-state index < -0.39 is 0 Å². The minimum Gasteiger partial charge on any atom is -0.346 e. The Bertz CT molecular complexity index is 369. The minimum absolute atomic E-state index is 0.0684. The second kappa shape index (κ2) is 6.09. The standard InChI is InChI=1S/C8H8BrClN2O2S/c9-5-1-2-8(15-5)12-7(14)4-11-6(13)3-10/h1-2H,3-4H2,(H,11,13)(H,12,14). The second-order valence-electron chi connectivity index (χ2n) is 2.56. The van der Waals surface area contributed by atoms with Crippen molar-refractivity contribution in [3.8, 4) is 0 Å². The van der Waals surface area contributed by atoms with E-state index in [1.807, 2.05) is 6.07 Å². The zero-order valence-electron chi connectivity index (χ0n) is 7.55. The molecule has 15 heavy (non-hydrogen) atoms. The average molecular weight is 312 g/mol. The molecule has 0 aliphatic carbocycles. The fourth-order valence-corrected chi connectivity index (χ4v) is 2.19. The Kier molecular flexibility index (Phi) is 5.07. The topological polar surface area (TPSA) is 58.2 Å². The molecule has 0 saturated heterocycles. The van der Waals surface area contributed by atoms with Crippen molar-refractivity contribution in [3.63, 3.8) is 0 Å². The van der Waals surface area contributed by atoms with Crippen LogP contribution >= 0.6 is 38.9 Å². The summed E-state index contributed by atoms with van der Waals surface area (Å²) in [6, 6.07) is 3.60. The van der Waals surface area contributed by atoms with E-state index in [1.165, 1.54) is 11.3 Å². The van der Waals surface area contributed by atoms with E-state index in [2.05, 4.69) is 26.6 Å². The van der Waals surface area contributed by atoms with E-state index in [0.29, 0.717) is 0 Å². The third-order valence-corrected chi connectivity index (χ3v) is 3.19. The van der Waals surface area contributed by atoms with E-state index in [9.17, 15) is 9.59 Å². The number of halogens is 2. The van der Waals surface area contributed by atoms with Crippen molar-refractivity contribution >= 4 is 55.7 Å². The van der Waals surface area contributed by atoms with Gasteiger partial charge in [-0.15, -0.1) is 22.9 Å². The molecule has 4 nitrogen and oxygen atoms in total. The number of carbonyl (C=O) groups excluding carboxylic acids is 2. The third kappa shape index (κ3) is 4.63. The van der Waals surface area contributed by atoms with Gasteiger partial charge in [0, 0.05) is 0 Å². The molecule has 1 heterocycles. The maximum Gasteiger partial charge on any atom is 0.244 e. The largest absolute Gasteiger partial charge is 0.346 e. The van der Waals surface area contributed by atoms with Gasteiger partial charge < -0.3 is 10.6 Å². The number of rotatable bonds is 4. The highest BCUT2D eigenvalue weighted by Gasteiger charge is 2.05. The summed E-state index contributed by atoms with van der Waals surface area (Å²) in [5.41, 5.74) is 0. The van der Waals surface area contributed by atoms with Crippen LogP contribution in [-0.2, 0) is 9.59 Å². The first kappa shape index (κ1) is 12.5. The zero-order chi connectivity index (χ0) is 11.3. The lowest BCUT2D eigenvalue weighted by molar-refractivity contribution is -0.122. The first-order valence-corrected chi connectivity index (χ1v) is 6.14. The highest BCUT2D eigenvalue weighted by atomic mass is 79.9. The van der Waals surface area contributed by atoms with Gasteiger partial charge in [0.1, 0.15) is 5.88 Å². The number of nitrogens with one attached hydrogen (secondary N) is 2. The Morgan fingerprint density at radius 2 is 2.13 bits per heavy atom. The fourth-order valence-electron chi connectivity index (χ4n) is 0.789. The molecular weight excluding hydrogens is 304 g/mol. The minimum atomic E-state index is -0.362. The van der Waals surface area contributed by atoms with Crippen molar-refractivity contribution in [2.24, 2.45) is 0 Å². The van der Waals surface area contributed by atoms with Crippen LogP contribution in [0.2, 0.25) is 0 Å². The zero-order valence-corrected chi connectivity index (χ0v) is 10.7. The molecule has 0 fully saturated rings. The number of hydrogen-bond donors (Lipinski definition) is 2. The maximum absolute atomic E-state index is 11.3. The summed E-state index contributed by atoms with van der Waals surface area (Å²) in [5, 5.41) is 5.73. The summed E-state index contributed by atoms with van der Waals surface area (Å²) in [6.07, 6.45) is 0. The van der Waals surface area contributed by atoms with Crippen molar-refractivity contribution in [3.05, 3.63) is 15.9 Å². The highest BCUT2D eigenvalue weighted by Crippen LogP contribution is 2.26. The van der Waals surface area contributed by atoms with Gasteiger partial charge in [-0.2, -0.15) is 0 Å². The lowest BCUT2D eigenvalue weighted by Crippen LogP contribution is -2.33. The van der Waals surface area contributed by atoms with Crippen LogP contribution < -0.4 is 10.6 Å². The van der Waals surface area contributed by atoms with Crippen molar-refractivity contribution < 1.29 is 9.59 Å². The van der Waals surface area contributed by atoms with E-state index in [0.717, 1.165) is 8.79 Å². The van der Waals surface area contributed by atoms with Crippen LogP contribution in [0, 0.1) is 0 Å². The molecule has 2 N–H and O–H groups in total. The lowest BCUT2D eigenvalue weighted by Gasteiger charge is -2.03. The van der Waals surface area contributed by atoms with E-state index in [1.54, 1.807) is 6.07 Å². The smallest absolute Gasteiger partial charge is 0.244 e. The predicted molar refractivity (Wildman–Crippen MR) is 64.4 cm³/mol. The molecule has 0 radical (unpaired) electrons. The van der Waals surface area contributed by atoms with Crippen LogP contribution in [0.1, 0.15) is 0 Å². The van der Waals surface area contributed by atoms with Gasteiger partial charge in [0.2, 0.25) is 11.8 Å². The van der Waals surface area contributed by atoms with Gasteiger partial charge in [0.05, 0.1) is 15.3 Å². The van der Waals surface area contributed by atoms with Crippen molar-refractivity contribution in [1.29, 1.82) is 0 Å². The summed E-state index contributed by atoms with van der Waals surface area (Å²) in [4.78, 5) is 22.0. The van der Waals surface area contributed by atoms with Crippen LogP contribution in [0.5, 0.6) is 0 Å². The molecule has 0 saturated carbocycles. The molecular formula is C8H8BrClN2O2S. The monoisotopic (exact) mass is 310 g/mol. The Labute approximate surface area is 104 Å². The van der Waals surface area contributed by atoms with Crippen molar-refractivity contribution in [2.75, 3.05) is 17.7 Å². The number of thiophene rings is 1. The summed E-state index contributed by atoms with van der Waals surface area (Å²) < 4.78 is 0.933. The molecule has 0 spiro atoms. The molecule has 7 heteroatoms. The van der Waals surface area contributed by atoms with Crippen molar-refractivity contribution in [2.45, 2.75) is 0 Å². The molecule has 0 atom stereocenters. The van der Waals surface area contributed by atoms with Crippen LogP contribution in [0.25, 0.3) is 0 Å². The molecule has 1 aromatic rings. The SMILES string of the molecule is O=C(CCl)NCC(=O)Nc1ccc(Br)s1. The molecule has 2 amide bonds. The Hall–Kier alpha value is -0.590. The molecule has 1 aromatic heterocycles. The van der Waals surface area contributed by atoms with Crippen LogP contribution in [0.4, 0.5) is 5.00 Å². The third-order valence-electron chi connectivity index (χ3n) is 1.40. The average Bonchev–Trinajstić information content (AvgIpc) is 2.60. The molecule has 0 unspecified atom stereocenters. The quantitative estimate of drug-likeness (QED) is 0.833. The maximum atomic E-state index is 11.3. The molecule has 0 aliphatic heterocycles. The van der Waals surface area contributed by atoms with Gasteiger partial charge in [-0.1, -0.05) is 0 Å². The number of amides is 2. The van der Waals surface area contributed by atoms with Crippen LogP contribution in [-0.4, -0.2) is 24.2 Å². The van der Waals surface area contributed by atoms with Gasteiger partial charge >= 0.3 is 0 Å². The normalized spacial score (nSPS) is 9.73. The number of carbonyl (C=O) groups is 2. The summed E-state index contributed by atoms with van der Waals surface area (Å²) in [7, 11) is 0. The summed E-state index contributed by atoms with van der Waals surface area (Å²) in [6.45, 7) is -0.0684. The summed E-state index contributed by atoms with van der Waals surface area (Å²) in [5.74, 6) is -0.778. The van der Waals surface area contributed by atoms with Gasteiger partial charge in [-0.05, 0) is 28.1 Å². The molecule has 1 rings (SSSR count). The highest BCUT2D eigenvalue weighted by molar-refractivity contribution is 9.11. The van der Waals surface area contributed by atoms with Gasteiger partial charge in [-0.25, -0.2) is 0 Å². The Balaban J connectivity index is 2.33. The fraction of sp³-hybridized carbons (Fsp3) is 0.250. The van der Waals surface area contributed by atoms with Gasteiger partial charge in [0.25, 0.3) is 0 Å². The molecule has 0 bridgehead atoms. The van der Waals surface area contributed by atoms with E-state index in [-0.39, 0.29) is 24.2 Å². The Morgan fingerprint density at radius 1 is 1.40 bits per heavy atom. The van der Waals surface area contributed by atoms with E-state index in [4.69, 9.17) is 11.6 Å². The first-order valence-electron chi connectivity index (χ1n) is 3.99. The van der Waals surface area contributed by atoms with E-state index >= 15 is 0 Å². The van der Waals surface area contributed by atoms with Crippen molar-refractivity contribution in [1.82, 2.24) is 5.32 Å². The Morgan fingerprint density at radius 3 is 2.67 bits per heavy atom. The summed E-state index contributed by atoms with van der Waals surface area (Å²) >= 11 is 9.93. The van der Waals surface area contributed by atoms with Gasteiger partial charge in [-0.3, -0.25) is 9.59 Å². The predicted octanol–water partition coefficient (Wildman–Crippen LogP) is 1.80. The first-order chi connectivity index (χ1) is 7.11. The lowest BCUT2D eigenvalue weighted by atomic mass is 10.5. The molecule has 0 aliphatic rings. The second-order valence-corrected chi connectivity index (χ2v) is 5.29. The number of alkyl halides is 1. The van der Waals surface area contributed by atoms with Crippen LogP contribution in [0.3, 0.4) is 0 Å². The number of hydrogen-bond acceptors (Lipinski definition) is 3.